The van der Waals surface area contributed by atoms with Crippen molar-refractivity contribution in [1.82, 2.24) is 14.3 Å². The Bertz CT molecular complexity index is 947. The molecule has 0 aliphatic carbocycles. The molecule has 5 nitrogen and oxygen atoms in total. The number of ether oxygens (including phenoxy) is 1. The van der Waals surface area contributed by atoms with E-state index in [0.717, 1.165) is 0 Å². The second kappa shape index (κ2) is 5.24. The molecule has 0 unspecified atom stereocenters. The summed E-state index contributed by atoms with van der Waals surface area (Å²) in [5, 5.41) is 0.562. The average Bonchev–Trinajstić information content (AvgIpc) is 2.76. The van der Waals surface area contributed by atoms with E-state index in [9.17, 15) is 9.18 Å². The zero-order chi connectivity index (χ0) is 16.0. The van der Waals surface area contributed by atoms with Crippen LogP contribution in [-0.4, -0.2) is 21.0 Å². The van der Waals surface area contributed by atoms with Gasteiger partial charge in [0, 0.05) is 17.5 Å². The van der Waals surface area contributed by atoms with Crippen molar-refractivity contribution in [2.45, 2.75) is 6.42 Å². The second-order valence-corrected chi connectivity index (χ2v) is 5.56. The predicted octanol–water partition coefficient (Wildman–Crippen LogP) is 2.75. The van der Waals surface area contributed by atoms with Gasteiger partial charge in [-0.1, -0.05) is 11.6 Å². The highest BCUT2D eigenvalue weighted by atomic mass is 35.5. The van der Waals surface area contributed by atoms with Crippen molar-refractivity contribution in [3.05, 3.63) is 69.6 Å². The van der Waals surface area contributed by atoms with Crippen molar-refractivity contribution in [3.8, 4) is 17.1 Å². The Morgan fingerprint density at radius 1 is 1.13 bits per heavy atom. The lowest BCUT2D eigenvalue weighted by Crippen LogP contribution is -2.21. The summed E-state index contributed by atoms with van der Waals surface area (Å²) in [6.45, 7) is 0.371. The van der Waals surface area contributed by atoms with E-state index >= 15 is 0 Å². The van der Waals surface area contributed by atoms with Crippen molar-refractivity contribution < 1.29 is 9.13 Å². The van der Waals surface area contributed by atoms with Crippen molar-refractivity contribution in [3.63, 3.8) is 0 Å². The first-order valence-electron chi connectivity index (χ1n) is 7.03. The van der Waals surface area contributed by atoms with Crippen LogP contribution in [0.3, 0.4) is 0 Å². The SMILES string of the molecule is O=c1nc2n(n1-c1ccc(Cl)cc1)-c1cc(F)ccc1OCC2. The molecule has 1 aliphatic rings. The third-order valence-electron chi connectivity index (χ3n) is 3.65. The van der Waals surface area contributed by atoms with Crippen molar-refractivity contribution in [2.24, 2.45) is 0 Å². The first kappa shape index (κ1) is 14.0. The molecule has 7 heteroatoms. The van der Waals surface area contributed by atoms with E-state index in [1.165, 1.54) is 16.8 Å². The van der Waals surface area contributed by atoms with Crippen LogP contribution in [0.25, 0.3) is 11.4 Å². The highest BCUT2D eigenvalue weighted by molar-refractivity contribution is 6.30. The summed E-state index contributed by atoms with van der Waals surface area (Å²) in [6.07, 6.45) is 0.451. The van der Waals surface area contributed by atoms with Crippen LogP contribution in [0.4, 0.5) is 4.39 Å². The highest BCUT2D eigenvalue weighted by Gasteiger charge is 2.22. The summed E-state index contributed by atoms with van der Waals surface area (Å²) < 4.78 is 22.3. The van der Waals surface area contributed by atoms with E-state index in [4.69, 9.17) is 16.3 Å². The van der Waals surface area contributed by atoms with E-state index < -0.39 is 11.5 Å². The maximum atomic E-state index is 13.7. The fourth-order valence-electron chi connectivity index (χ4n) is 2.65. The van der Waals surface area contributed by atoms with Crippen LogP contribution in [0.1, 0.15) is 5.82 Å². The molecule has 0 saturated carbocycles. The summed E-state index contributed by atoms with van der Waals surface area (Å²) in [6, 6.07) is 11.0. The summed E-state index contributed by atoms with van der Waals surface area (Å²) in [7, 11) is 0. The minimum absolute atomic E-state index is 0.371. The number of rotatable bonds is 1. The molecule has 0 saturated heterocycles. The lowest BCUT2D eigenvalue weighted by molar-refractivity contribution is 0.325. The predicted molar refractivity (Wildman–Crippen MR) is 83.3 cm³/mol. The summed E-state index contributed by atoms with van der Waals surface area (Å²) in [4.78, 5) is 16.4. The first-order chi connectivity index (χ1) is 11.1. The van der Waals surface area contributed by atoms with Gasteiger partial charge in [-0.05, 0) is 36.4 Å². The standard InChI is InChI=1S/C16H11ClFN3O2/c17-10-1-4-12(5-2-10)20-16(22)19-15-7-8-23-14-6-3-11(18)9-13(14)21(15)20/h1-6,9H,7-8H2. The Hall–Kier alpha value is -2.60. The molecular formula is C16H11ClFN3O2. The molecular weight excluding hydrogens is 321 g/mol. The van der Waals surface area contributed by atoms with Gasteiger partial charge in [0.1, 0.15) is 23.1 Å². The number of benzene rings is 2. The molecule has 0 fully saturated rings. The molecule has 1 aliphatic heterocycles. The van der Waals surface area contributed by atoms with Gasteiger partial charge in [-0.3, -0.25) is 0 Å². The molecule has 0 atom stereocenters. The van der Waals surface area contributed by atoms with Gasteiger partial charge in [0.15, 0.2) is 0 Å². The van der Waals surface area contributed by atoms with Crippen molar-refractivity contribution >= 4 is 11.6 Å². The maximum absolute atomic E-state index is 13.7. The lowest BCUT2D eigenvalue weighted by Gasteiger charge is -2.13. The summed E-state index contributed by atoms with van der Waals surface area (Å²) in [5.74, 6) is 0.614. The van der Waals surface area contributed by atoms with Crippen LogP contribution < -0.4 is 10.4 Å². The molecule has 3 aromatic rings. The molecule has 23 heavy (non-hydrogen) atoms. The molecule has 0 N–H and O–H groups in total. The third kappa shape index (κ3) is 2.31. The van der Waals surface area contributed by atoms with E-state index in [2.05, 4.69) is 4.98 Å². The number of aromatic nitrogens is 3. The lowest BCUT2D eigenvalue weighted by atomic mass is 10.3. The number of nitrogens with zero attached hydrogens (tertiary/aromatic N) is 3. The minimum Gasteiger partial charge on any atom is -0.491 e. The van der Waals surface area contributed by atoms with Crippen LogP contribution in [0.5, 0.6) is 5.75 Å². The second-order valence-electron chi connectivity index (χ2n) is 5.12. The molecule has 116 valence electrons. The van der Waals surface area contributed by atoms with Gasteiger partial charge >= 0.3 is 5.69 Å². The van der Waals surface area contributed by atoms with E-state index in [1.807, 2.05) is 0 Å². The zero-order valence-electron chi connectivity index (χ0n) is 11.9. The third-order valence-corrected chi connectivity index (χ3v) is 3.91. The van der Waals surface area contributed by atoms with Gasteiger partial charge in [0.2, 0.25) is 0 Å². The average molecular weight is 332 g/mol. The van der Waals surface area contributed by atoms with Crippen LogP contribution in [0, 0.1) is 5.82 Å². The molecule has 1 aromatic heterocycles. The Morgan fingerprint density at radius 3 is 2.70 bits per heavy atom. The number of hydrogen-bond acceptors (Lipinski definition) is 3. The minimum atomic E-state index is -0.431. The zero-order valence-corrected chi connectivity index (χ0v) is 12.6. The highest BCUT2D eigenvalue weighted by Crippen LogP contribution is 2.28. The first-order valence-corrected chi connectivity index (χ1v) is 7.41. The molecule has 2 heterocycles. The topological polar surface area (TPSA) is 49.0 Å². The molecule has 0 spiro atoms. The Kier molecular flexibility index (Phi) is 3.20. The monoisotopic (exact) mass is 331 g/mol. The van der Waals surface area contributed by atoms with Crippen LogP contribution >= 0.6 is 11.6 Å². The van der Waals surface area contributed by atoms with E-state index in [1.54, 1.807) is 35.0 Å². The molecule has 0 radical (unpaired) electrons. The van der Waals surface area contributed by atoms with E-state index in [0.29, 0.717) is 41.0 Å². The van der Waals surface area contributed by atoms with E-state index in [-0.39, 0.29) is 0 Å². The number of hydrogen-bond donors (Lipinski definition) is 0. The number of fused-ring (bicyclic) bond motifs is 3. The van der Waals surface area contributed by atoms with Gasteiger partial charge in [0.05, 0.1) is 12.3 Å². The number of halogens is 2. The Morgan fingerprint density at radius 2 is 1.91 bits per heavy atom. The quantitative estimate of drug-likeness (QED) is 0.689. The van der Waals surface area contributed by atoms with Crippen molar-refractivity contribution in [1.29, 1.82) is 0 Å². The van der Waals surface area contributed by atoms with Crippen LogP contribution in [0.2, 0.25) is 5.02 Å². The fourth-order valence-corrected chi connectivity index (χ4v) is 2.78. The maximum Gasteiger partial charge on any atom is 0.369 e. The normalized spacial score (nSPS) is 13.0. The van der Waals surface area contributed by atoms with Gasteiger partial charge in [0.25, 0.3) is 0 Å². The van der Waals surface area contributed by atoms with Gasteiger partial charge in [-0.25, -0.2) is 13.9 Å². The van der Waals surface area contributed by atoms with Crippen LogP contribution in [0.15, 0.2) is 47.3 Å². The molecule has 0 bridgehead atoms. The van der Waals surface area contributed by atoms with Crippen LogP contribution in [-0.2, 0) is 6.42 Å². The van der Waals surface area contributed by atoms with Gasteiger partial charge < -0.3 is 4.74 Å². The Labute approximate surface area is 135 Å². The van der Waals surface area contributed by atoms with Gasteiger partial charge in [-0.15, -0.1) is 0 Å². The molecule has 4 rings (SSSR count). The largest absolute Gasteiger partial charge is 0.491 e. The molecule has 0 amide bonds. The fraction of sp³-hybridized carbons (Fsp3) is 0.125. The summed E-state index contributed by atoms with van der Waals surface area (Å²) >= 11 is 5.90. The smallest absolute Gasteiger partial charge is 0.369 e. The van der Waals surface area contributed by atoms with Gasteiger partial charge in [-0.2, -0.15) is 9.67 Å². The molecule has 2 aromatic carbocycles. The Balaban J connectivity index is 2.03. The summed E-state index contributed by atoms with van der Waals surface area (Å²) in [5.41, 5.74) is 0.608. The van der Waals surface area contributed by atoms with Crippen molar-refractivity contribution in [2.75, 3.05) is 6.61 Å².